The first-order valence-electron chi connectivity index (χ1n) is 13.8. The minimum atomic E-state index is -0.608. The number of halogens is 1. The Hall–Kier alpha value is -5.20. The summed E-state index contributed by atoms with van der Waals surface area (Å²) < 4.78 is 5.60. The van der Waals surface area contributed by atoms with E-state index in [0.29, 0.717) is 22.7 Å². The number of esters is 1. The lowest BCUT2D eigenvalue weighted by Gasteiger charge is -2.26. The quantitative estimate of drug-likeness (QED) is 0.119. The average molecular weight is 587 g/mol. The van der Waals surface area contributed by atoms with Gasteiger partial charge in [0.25, 0.3) is 11.8 Å². The number of fused-ring (bicyclic) bond motifs is 1. The molecule has 0 aliphatic carbocycles. The van der Waals surface area contributed by atoms with Crippen LogP contribution in [0.15, 0.2) is 132 Å². The predicted octanol–water partition coefficient (Wildman–Crippen LogP) is 7.82. The van der Waals surface area contributed by atoms with Crippen LogP contribution in [-0.2, 0) is 15.0 Å². The van der Waals surface area contributed by atoms with Crippen LogP contribution in [-0.4, -0.2) is 17.8 Å². The Labute approximate surface area is 254 Å². The molecular formula is C36H27ClN2O4. The van der Waals surface area contributed by atoms with Crippen molar-refractivity contribution < 1.29 is 19.1 Å². The summed E-state index contributed by atoms with van der Waals surface area (Å²) in [4.78, 5) is 40.3. The summed E-state index contributed by atoms with van der Waals surface area (Å²) in [5.74, 6) is -1.26. The van der Waals surface area contributed by atoms with Crippen molar-refractivity contribution in [1.82, 2.24) is 0 Å². The number of amides is 2. The molecule has 0 radical (unpaired) electrons. The molecule has 0 fully saturated rings. The van der Waals surface area contributed by atoms with Crippen molar-refractivity contribution in [3.63, 3.8) is 0 Å². The van der Waals surface area contributed by atoms with Gasteiger partial charge in [-0.3, -0.25) is 9.59 Å². The fourth-order valence-corrected chi connectivity index (χ4v) is 5.41. The maximum Gasteiger partial charge on any atom is 0.343 e. The first kappa shape index (κ1) is 27.9. The van der Waals surface area contributed by atoms with Gasteiger partial charge in [0.15, 0.2) is 0 Å². The molecule has 1 aliphatic heterocycles. The normalized spacial score (nSPS) is 13.5. The predicted molar refractivity (Wildman–Crippen MR) is 169 cm³/mol. The van der Waals surface area contributed by atoms with Gasteiger partial charge in [0.05, 0.1) is 11.3 Å². The van der Waals surface area contributed by atoms with E-state index >= 15 is 0 Å². The Morgan fingerprint density at radius 3 is 2.07 bits per heavy atom. The van der Waals surface area contributed by atoms with E-state index in [0.717, 1.165) is 21.2 Å². The third-order valence-electron chi connectivity index (χ3n) is 7.71. The van der Waals surface area contributed by atoms with E-state index in [1.54, 1.807) is 48.5 Å². The number of rotatable bonds is 7. The second-order valence-electron chi connectivity index (χ2n) is 10.7. The largest absolute Gasteiger partial charge is 0.423 e. The minimum absolute atomic E-state index is 0.0338. The Kier molecular flexibility index (Phi) is 7.30. The molecule has 212 valence electrons. The number of nitrogens with one attached hydrogen (secondary N) is 1. The van der Waals surface area contributed by atoms with Crippen molar-refractivity contribution in [2.75, 3.05) is 10.2 Å². The summed E-state index contributed by atoms with van der Waals surface area (Å²) >= 11 is 6.35. The Balaban J connectivity index is 1.14. The van der Waals surface area contributed by atoms with Crippen molar-refractivity contribution >= 4 is 51.5 Å². The number of nitrogens with zero attached hydrogens (tertiary/aromatic N) is 1. The molecule has 2 amide bonds. The van der Waals surface area contributed by atoms with Crippen LogP contribution in [0.4, 0.5) is 11.4 Å². The highest BCUT2D eigenvalue weighted by Crippen LogP contribution is 2.35. The van der Waals surface area contributed by atoms with E-state index in [1.165, 1.54) is 5.56 Å². The minimum Gasteiger partial charge on any atom is -0.423 e. The number of hydrogen-bond donors (Lipinski definition) is 1. The van der Waals surface area contributed by atoms with E-state index in [9.17, 15) is 14.4 Å². The summed E-state index contributed by atoms with van der Waals surface area (Å²) in [7, 11) is 0. The summed E-state index contributed by atoms with van der Waals surface area (Å²) in [6.07, 6.45) is 0. The summed E-state index contributed by atoms with van der Waals surface area (Å²) in [5, 5.41) is 4.40. The van der Waals surface area contributed by atoms with Gasteiger partial charge in [-0.05, 0) is 59.0 Å². The number of carbonyl (C=O) groups is 3. The van der Waals surface area contributed by atoms with Gasteiger partial charge >= 0.3 is 5.97 Å². The Morgan fingerprint density at radius 2 is 1.35 bits per heavy atom. The van der Waals surface area contributed by atoms with E-state index in [-0.39, 0.29) is 16.1 Å². The summed E-state index contributed by atoms with van der Waals surface area (Å²) in [6.45, 7) is 4.30. The number of anilines is 2. The van der Waals surface area contributed by atoms with Crippen molar-refractivity contribution in [3.05, 3.63) is 149 Å². The van der Waals surface area contributed by atoms with Gasteiger partial charge in [0.1, 0.15) is 16.5 Å². The third kappa shape index (κ3) is 5.29. The lowest BCUT2D eigenvalue weighted by atomic mass is 9.78. The second kappa shape index (κ2) is 11.2. The fourth-order valence-electron chi connectivity index (χ4n) is 5.19. The van der Waals surface area contributed by atoms with Crippen LogP contribution in [0.1, 0.15) is 35.3 Å². The number of ether oxygens (including phenoxy) is 1. The number of hydrogen-bond acceptors (Lipinski definition) is 5. The van der Waals surface area contributed by atoms with Gasteiger partial charge in [-0.2, -0.15) is 0 Å². The maximum absolute atomic E-state index is 13.3. The van der Waals surface area contributed by atoms with Crippen LogP contribution in [0.25, 0.3) is 10.8 Å². The first-order chi connectivity index (χ1) is 20.7. The highest BCUT2D eigenvalue weighted by molar-refractivity contribution is 6.53. The summed E-state index contributed by atoms with van der Waals surface area (Å²) in [5.41, 5.74) is 3.31. The lowest BCUT2D eigenvalue weighted by Crippen LogP contribution is -2.32. The van der Waals surface area contributed by atoms with E-state index in [4.69, 9.17) is 16.3 Å². The number of carbonyl (C=O) groups excluding carboxylic acids is 3. The molecule has 6 nitrogen and oxygen atoms in total. The van der Waals surface area contributed by atoms with Gasteiger partial charge in [-0.25, -0.2) is 9.69 Å². The number of imide groups is 1. The standard InChI is InChI=1S/C36H27ClN2O4/c1-36(2,25-11-4-3-5-12-25)26-17-21-28(22-18-26)43-35(42)24-15-19-27(20-16-24)38-32-31(37)33(40)39(34(32)41)30-14-8-10-23-9-6-7-13-29(23)30/h3-22,38H,1-2H3. The van der Waals surface area contributed by atoms with Crippen LogP contribution in [0.5, 0.6) is 5.75 Å². The highest BCUT2D eigenvalue weighted by atomic mass is 35.5. The van der Waals surface area contributed by atoms with Crippen molar-refractivity contribution in [3.8, 4) is 5.75 Å². The second-order valence-corrected chi connectivity index (χ2v) is 11.1. The van der Waals surface area contributed by atoms with Gasteiger partial charge in [-0.15, -0.1) is 0 Å². The molecular weight excluding hydrogens is 560 g/mol. The Bertz CT molecular complexity index is 1890. The molecule has 0 atom stereocenters. The zero-order valence-electron chi connectivity index (χ0n) is 23.5. The van der Waals surface area contributed by atoms with Crippen LogP contribution in [0, 0.1) is 0 Å². The molecule has 0 bridgehead atoms. The molecule has 0 saturated carbocycles. The molecule has 0 unspecified atom stereocenters. The van der Waals surface area contributed by atoms with Crippen molar-refractivity contribution in [1.29, 1.82) is 0 Å². The monoisotopic (exact) mass is 586 g/mol. The van der Waals surface area contributed by atoms with Gasteiger partial charge in [-0.1, -0.05) is 104 Å². The molecule has 5 aromatic carbocycles. The topological polar surface area (TPSA) is 75.7 Å². The van der Waals surface area contributed by atoms with E-state index in [1.807, 2.05) is 60.7 Å². The molecule has 7 heteroatoms. The maximum atomic E-state index is 13.3. The highest BCUT2D eigenvalue weighted by Gasteiger charge is 2.39. The number of benzene rings is 5. The third-order valence-corrected chi connectivity index (χ3v) is 8.06. The van der Waals surface area contributed by atoms with E-state index in [2.05, 4.69) is 31.3 Å². The molecule has 43 heavy (non-hydrogen) atoms. The average Bonchev–Trinajstić information content (AvgIpc) is 3.24. The fraction of sp³-hybridized carbons (Fsp3) is 0.0833. The zero-order valence-corrected chi connectivity index (χ0v) is 24.3. The molecule has 0 saturated heterocycles. The van der Waals surface area contributed by atoms with Crippen molar-refractivity contribution in [2.45, 2.75) is 19.3 Å². The van der Waals surface area contributed by atoms with E-state index < -0.39 is 17.8 Å². The van der Waals surface area contributed by atoms with Crippen LogP contribution in [0.2, 0.25) is 0 Å². The van der Waals surface area contributed by atoms with Crippen LogP contribution < -0.4 is 15.0 Å². The smallest absolute Gasteiger partial charge is 0.343 e. The molecule has 6 rings (SSSR count). The summed E-state index contributed by atoms with van der Waals surface area (Å²) in [6, 6.07) is 37.0. The van der Waals surface area contributed by atoms with Gasteiger partial charge in [0.2, 0.25) is 0 Å². The van der Waals surface area contributed by atoms with Crippen LogP contribution >= 0.6 is 11.6 Å². The van der Waals surface area contributed by atoms with Crippen LogP contribution in [0.3, 0.4) is 0 Å². The zero-order chi connectivity index (χ0) is 30.1. The first-order valence-corrected chi connectivity index (χ1v) is 14.1. The van der Waals surface area contributed by atoms with Gasteiger partial charge < -0.3 is 10.1 Å². The molecule has 0 aromatic heterocycles. The SMILES string of the molecule is CC(C)(c1ccccc1)c1ccc(OC(=O)c2ccc(NC3=C(Cl)C(=O)N(c4cccc5ccccc45)C3=O)cc2)cc1. The Morgan fingerprint density at radius 1 is 0.721 bits per heavy atom. The van der Waals surface area contributed by atoms with Crippen molar-refractivity contribution in [2.24, 2.45) is 0 Å². The molecule has 1 aliphatic rings. The van der Waals surface area contributed by atoms with Gasteiger partial charge in [0, 0.05) is 16.5 Å². The molecule has 0 spiro atoms. The molecule has 1 heterocycles. The molecule has 1 N–H and O–H groups in total. The lowest BCUT2D eigenvalue weighted by molar-refractivity contribution is -0.120. The molecule has 5 aromatic rings.